The van der Waals surface area contributed by atoms with Crippen LogP contribution in [0.1, 0.15) is 5.56 Å². The molecule has 2 aromatic rings. The molecule has 0 spiro atoms. The monoisotopic (exact) mass is 378 g/mol. The first kappa shape index (κ1) is 18.8. The van der Waals surface area contributed by atoms with Gasteiger partial charge in [-0.3, -0.25) is 4.79 Å². The van der Waals surface area contributed by atoms with E-state index in [-0.39, 0.29) is 6.61 Å². The number of rotatable bonds is 8. The van der Waals surface area contributed by atoms with E-state index in [1.54, 1.807) is 24.3 Å². The van der Waals surface area contributed by atoms with E-state index in [9.17, 15) is 4.79 Å². The summed E-state index contributed by atoms with van der Waals surface area (Å²) in [5.41, 5.74) is 3.16. The van der Waals surface area contributed by atoms with Crippen LogP contribution >= 0.6 is 23.2 Å². The Labute approximate surface area is 155 Å². The van der Waals surface area contributed by atoms with Crippen molar-refractivity contribution in [3.05, 3.63) is 70.7 Å². The predicted octanol–water partition coefficient (Wildman–Crippen LogP) is 4.09. The van der Waals surface area contributed by atoms with Crippen molar-refractivity contribution >= 4 is 35.3 Å². The summed E-state index contributed by atoms with van der Waals surface area (Å²) in [6.45, 7) is 3.79. The molecule has 2 aromatic carbocycles. The molecule has 0 aromatic heterocycles. The Balaban J connectivity index is 1.83. The maximum Gasteiger partial charge on any atom is 0.277 e. The molecule has 0 aliphatic carbocycles. The van der Waals surface area contributed by atoms with Crippen LogP contribution in [0.25, 0.3) is 0 Å². The van der Waals surface area contributed by atoms with Gasteiger partial charge < -0.3 is 9.47 Å². The minimum atomic E-state index is -0.415. The molecule has 0 bridgehead atoms. The fraction of sp³-hybridized carbons (Fsp3) is 0.111. The number of carbonyl (C=O) groups excluding carboxylic acids is 1. The second-order valence-corrected chi connectivity index (χ2v) is 5.67. The maximum absolute atomic E-state index is 11.7. The quantitative estimate of drug-likeness (QED) is 0.427. The van der Waals surface area contributed by atoms with Crippen molar-refractivity contribution in [3.63, 3.8) is 0 Å². The fourth-order valence-corrected chi connectivity index (χ4v) is 2.25. The van der Waals surface area contributed by atoms with Gasteiger partial charge in [0.25, 0.3) is 5.91 Å². The molecule has 1 N–H and O–H groups in total. The molecule has 0 saturated carbocycles. The lowest BCUT2D eigenvalue weighted by molar-refractivity contribution is -0.123. The third-order valence-corrected chi connectivity index (χ3v) is 3.41. The van der Waals surface area contributed by atoms with Crippen molar-refractivity contribution in [3.8, 4) is 11.5 Å². The topological polar surface area (TPSA) is 59.9 Å². The van der Waals surface area contributed by atoms with Gasteiger partial charge in [0.1, 0.15) is 18.1 Å². The molecule has 0 aliphatic rings. The van der Waals surface area contributed by atoms with Crippen LogP contribution in [0.4, 0.5) is 0 Å². The number of ether oxygens (including phenoxy) is 2. The maximum atomic E-state index is 11.7. The number of benzene rings is 2. The molecule has 0 saturated heterocycles. The smallest absolute Gasteiger partial charge is 0.277 e. The summed E-state index contributed by atoms with van der Waals surface area (Å²) in [7, 11) is 0. The van der Waals surface area contributed by atoms with Gasteiger partial charge in [0.15, 0.2) is 6.61 Å². The average molecular weight is 379 g/mol. The highest BCUT2D eigenvalue weighted by atomic mass is 35.5. The van der Waals surface area contributed by atoms with Crippen molar-refractivity contribution < 1.29 is 14.3 Å². The summed E-state index contributed by atoms with van der Waals surface area (Å²) in [5, 5.41) is 4.70. The number of hydrogen-bond donors (Lipinski definition) is 1. The first-order valence-corrected chi connectivity index (χ1v) is 8.07. The number of hydrogen-bond acceptors (Lipinski definition) is 4. The molecular formula is C18H16Cl2N2O3. The normalized spacial score (nSPS) is 10.5. The van der Waals surface area contributed by atoms with Crippen LogP contribution in [0.2, 0.25) is 10.0 Å². The second-order valence-electron chi connectivity index (χ2n) is 4.83. The molecule has 7 heteroatoms. The molecule has 0 heterocycles. The van der Waals surface area contributed by atoms with Gasteiger partial charge in [-0.25, -0.2) is 5.43 Å². The average Bonchev–Trinajstić information content (AvgIpc) is 2.59. The molecule has 1 amide bonds. The van der Waals surface area contributed by atoms with E-state index in [0.717, 1.165) is 5.56 Å². The Morgan fingerprint density at radius 3 is 2.80 bits per heavy atom. The van der Waals surface area contributed by atoms with Crippen molar-refractivity contribution in [1.82, 2.24) is 5.43 Å². The minimum Gasteiger partial charge on any atom is -0.490 e. The molecule has 130 valence electrons. The highest BCUT2D eigenvalue weighted by molar-refractivity contribution is 6.35. The standard InChI is InChI=1S/C18H16Cl2N2O3/c1-2-8-24-15-5-3-4-13(9-15)11-21-22-18(23)12-25-17-7-6-14(19)10-16(17)20/h2-7,9-11H,1,8,12H2,(H,22,23)/b21-11+. The van der Waals surface area contributed by atoms with E-state index in [4.69, 9.17) is 32.7 Å². The van der Waals surface area contributed by atoms with Crippen molar-refractivity contribution in [1.29, 1.82) is 0 Å². The van der Waals surface area contributed by atoms with E-state index in [1.165, 1.54) is 12.3 Å². The molecule has 0 aliphatic heterocycles. The summed E-state index contributed by atoms with van der Waals surface area (Å²) in [6, 6.07) is 12.0. The van der Waals surface area contributed by atoms with Crippen molar-refractivity contribution in [2.75, 3.05) is 13.2 Å². The first-order chi connectivity index (χ1) is 12.1. The van der Waals surface area contributed by atoms with Crippen LogP contribution < -0.4 is 14.9 Å². The second kappa shape index (κ2) is 9.71. The summed E-state index contributed by atoms with van der Waals surface area (Å²) in [6.07, 6.45) is 3.17. The molecular weight excluding hydrogens is 363 g/mol. The van der Waals surface area contributed by atoms with Gasteiger partial charge in [-0.05, 0) is 35.9 Å². The van der Waals surface area contributed by atoms with Crippen LogP contribution in [-0.2, 0) is 4.79 Å². The van der Waals surface area contributed by atoms with Crippen molar-refractivity contribution in [2.45, 2.75) is 0 Å². The first-order valence-electron chi connectivity index (χ1n) is 7.32. The van der Waals surface area contributed by atoms with E-state index < -0.39 is 5.91 Å². The van der Waals surface area contributed by atoms with Gasteiger partial charge in [0.2, 0.25) is 0 Å². The van der Waals surface area contributed by atoms with Crippen LogP contribution in [0.5, 0.6) is 11.5 Å². The van der Waals surface area contributed by atoms with Crippen LogP contribution in [0.15, 0.2) is 60.2 Å². The largest absolute Gasteiger partial charge is 0.490 e. The van der Waals surface area contributed by atoms with Crippen molar-refractivity contribution in [2.24, 2.45) is 5.10 Å². The molecule has 0 unspecified atom stereocenters. The zero-order chi connectivity index (χ0) is 18.1. The molecule has 0 fully saturated rings. The third kappa shape index (κ3) is 6.49. The Hall–Kier alpha value is -2.50. The Morgan fingerprint density at radius 1 is 1.20 bits per heavy atom. The Kier molecular flexibility index (Phi) is 7.32. The van der Waals surface area contributed by atoms with Gasteiger partial charge in [-0.15, -0.1) is 0 Å². The van der Waals surface area contributed by atoms with Gasteiger partial charge in [0.05, 0.1) is 11.2 Å². The number of nitrogens with one attached hydrogen (secondary N) is 1. The Morgan fingerprint density at radius 2 is 2.04 bits per heavy atom. The summed E-state index contributed by atoms with van der Waals surface area (Å²) < 4.78 is 10.7. The fourth-order valence-electron chi connectivity index (χ4n) is 1.79. The molecule has 25 heavy (non-hydrogen) atoms. The highest BCUT2D eigenvalue weighted by Gasteiger charge is 2.05. The van der Waals surface area contributed by atoms with Crippen LogP contribution in [0, 0.1) is 0 Å². The SMILES string of the molecule is C=CCOc1cccc(/C=N/NC(=O)COc2ccc(Cl)cc2Cl)c1. The minimum absolute atomic E-state index is 0.221. The highest BCUT2D eigenvalue weighted by Crippen LogP contribution is 2.27. The summed E-state index contributed by atoms with van der Waals surface area (Å²) in [4.78, 5) is 11.7. The molecule has 2 rings (SSSR count). The van der Waals surface area contributed by atoms with E-state index in [0.29, 0.717) is 28.2 Å². The van der Waals surface area contributed by atoms with E-state index in [1.807, 2.05) is 18.2 Å². The van der Waals surface area contributed by atoms with Crippen LogP contribution in [-0.4, -0.2) is 25.3 Å². The lowest BCUT2D eigenvalue weighted by atomic mass is 10.2. The predicted molar refractivity (Wildman–Crippen MR) is 99.8 cm³/mol. The number of amides is 1. The lowest BCUT2D eigenvalue weighted by Gasteiger charge is -2.07. The van der Waals surface area contributed by atoms with Gasteiger partial charge in [0, 0.05) is 5.02 Å². The third-order valence-electron chi connectivity index (χ3n) is 2.88. The summed E-state index contributed by atoms with van der Waals surface area (Å²) >= 11 is 11.8. The molecule has 0 radical (unpaired) electrons. The number of halogens is 2. The number of hydrazone groups is 1. The molecule has 0 atom stereocenters. The molecule has 5 nitrogen and oxygen atoms in total. The van der Waals surface area contributed by atoms with Gasteiger partial charge in [-0.1, -0.05) is 48.0 Å². The van der Waals surface area contributed by atoms with Crippen LogP contribution in [0.3, 0.4) is 0 Å². The zero-order valence-electron chi connectivity index (χ0n) is 13.2. The lowest BCUT2D eigenvalue weighted by Crippen LogP contribution is -2.24. The van der Waals surface area contributed by atoms with Gasteiger partial charge in [-0.2, -0.15) is 5.10 Å². The Bertz CT molecular complexity index is 779. The number of carbonyl (C=O) groups is 1. The van der Waals surface area contributed by atoms with E-state index in [2.05, 4.69) is 17.1 Å². The summed E-state index contributed by atoms with van der Waals surface area (Å²) in [5.74, 6) is 0.648. The number of nitrogens with zero attached hydrogens (tertiary/aromatic N) is 1. The van der Waals surface area contributed by atoms with Gasteiger partial charge >= 0.3 is 0 Å². The zero-order valence-corrected chi connectivity index (χ0v) is 14.8. The van der Waals surface area contributed by atoms with E-state index >= 15 is 0 Å².